The van der Waals surface area contributed by atoms with Gasteiger partial charge in [-0.2, -0.15) is 4.31 Å². The Kier molecular flexibility index (Phi) is 8.31. The van der Waals surface area contributed by atoms with Crippen molar-refractivity contribution >= 4 is 22.4 Å². The van der Waals surface area contributed by atoms with Gasteiger partial charge in [0, 0.05) is 19.6 Å². The maximum atomic E-state index is 13.8. The Morgan fingerprint density at radius 1 is 1.12 bits per heavy atom. The number of halogens is 2. The number of hydrogen-bond acceptors (Lipinski definition) is 4. The first-order valence-electron chi connectivity index (χ1n) is 7.56. The summed E-state index contributed by atoms with van der Waals surface area (Å²) in [6.45, 7) is 0.632. The fourth-order valence-electron chi connectivity index (χ4n) is 2.35. The Balaban J connectivity index is 0.00000312. The van der Waals surface area contributed by atoms with Crippen LogP contribution in [0.4, 0.5) is 4.39 Å². The third-order valence-corrected chi connectivity index (χ3v) is 5.53. The van der Waals surface area contributed by atoms with Gasteiger partial charge in [0.1, 0.15) is 0 Å². The zero-order valence-electron chi connectivity index (χ0n) is 13.9. The maximum Gasteiger partial charge on any atom is 0.243 e. The van der Waals surface area contributed by atoms with Gasteiger partial charge in [0.05, 0.1) is 12.0 Å². The van der Waals surface area contributed by atoms with Crippen molar-refractivity contribution in [1.82, 2.24) is 4.31 Å². The van der Waals surface area contributed by atoms with Gasteiger partial charge in [-0.25, -0.2) is 12.8 Å². The van der Waals surface area contributed by atoms with Gasteiger partial charge in [0.2, 0.25) is 10.0 Å². The lowest BCUT2D eigenvalue weighted by Crippen LogP contribution is -2.37. The molecule has 0 fully saturated rings. The van der Waals surface area contributed by atoms with Crippen LogP contribution < -0.4 is 10.5 Å². The first-order chi connectivity index (χ1) is 11.5. The highest BCUT2D eigenvalue weighted by Crippen LogP contribution is 2.23. The van der Waals surface area contributed by atoms with E-state index in [1.165, 1.54) is 23.5 Å². The van der Waals surface area contributed by atoms with Crippen LogP contribution in [0.2, 0.25) is 0 Å². The molecular formula is C17H22ClFN2O3S. The van der Waals surface area contributed by atoms with Gasteiger partial charge in [-0.3, -0.25) is 0 Å². The van der Waals surface area contributed by atoms with Crippen LogP contribution in [0.3, 0.4) is 0 Å². The minimum absolute atomic E-state index is 0. The molecule has 8 heteroatoms. The van der Waals surface area contributed by atoms with E-state index in [1.54, 1.807) is 0 Å². The van der Waals surface area contributed by atoms with Crippen LogP contribution in [0.1, 0.15) is 5.56 Å². The van der Waals surface area contributed by atoms with Crippen LogP contribution >= 0.6 is 12.4 Å². The summed E-state index contributed by atoms with van der Waals surface area (Å²) >= 11 is 0. The lowest BCUT2D eigenvalue weighted by molar-refractivity contribution is 0.384. The normalized spacial score (nSPS) is 11.2. The molecule has 0 heterocycles. The van der Waals surface area contributed by atoms with E-state index in [-0.39, 0.29) is 42.7 Å². The van der Waals surface area contributed by atoms with Crippen LogP contribution in [-0.4, -0.2) is 39.5 Å². The minimum atomic E-state index is -3.82. The molecule has 138 valence electrons. The number of methoxy groups -OCH3 is 1. The molecule has 0 bridgehead atoms. The van der Waals surface area contributed by atoms with Crippen LogP contribution in [-0.2, 0) is 16.4 Å². The Morgan fingerprint density at radius 2 is 1.80 bits per heavy atom. The average Bonchev–Trinajstić information content (AvgIpc) is 2.59. The minimum Gasteiger partial charge on any atom is -0.494 e. The summed E-state index contributed by atoms with van der Waals surface area (Å²) < 4.78 is 45.5. The SMILES string of the molecule is COc1ccc(S(=O)(=O)N(CCN)CCc2ccccc2)cc1F.Cl. The quantitative estimate of drug-likeness (QED) is 0.753. The molecule has 0 unspecified atom stereocenters. The van der Waals surface area contributed by atoms with Gasteiger partial charge < -0.3 is 10.5 Å². The van der Waals surface area contributed by atoms with Crippen molar-refractivity contribution in [3.05, 3.63) is 59.9 Å². The highest BCUT2D eigenvalue weighted by molar-refractivity contribution is 7.89. The van der Waals surface area contributed by atoms with E-state index in [4.69, 9.17) is 10.5 Å². The summed E-state index contributed by atoms with van der Waals surface area (Å²) in [6.07, 6.45) is 0.554. The first-order valence-corrected chi connectivity index (χ1v) is 9.00. The standard InChI is InChI=1S/C17H21FN2O3S.ClH/c1-23-17-8-7-15(13-16(17)18)24(21,22)20(12-10-19)11-9-14-5-3-2-4-6-14;/h2-8,13H,9-12,19H2,1H3;1H. The van der Waals surface area contributed by atoms with Crippen molar-refractivity contribution in [3.63, 3.8) is 0 Å². The number of benzene rings is 2. The van der Waals surface area contributed by atoms with Crippen molar-refractivity contribution in [2.75, 3.05) is 26.7 Å². The topological polar surface area (TPSA) is 72.6 Å². The molecule has 2 N–H and O–H groups in total. The third kappa shape index (κ3) is 5.40. The third-order valence-electron chi connectivity index (χ3n) is 3.63. The maximum absolute atomic E-state index is 13.8. The molecule has 5 nitrogen and oxygen atoms in total. The van der Waals surface area contributed by atoms with Gasteiger partial charge in [-0.05, 0) is 30.2 Å². The molecule has 0 atom stereocenters. The Bertz CT molecular complexity index is 773. The summed E-state index contributed by atoms with van der Waals surface area (Å²) in [6, 6.07) is 13.2. The molecule has 0 amide bonds. The fourth-order valence-corrected chi connectivity index (χ4v) is 3.82. The number of hydrogen-bond donors (Lipinski definition) is 1. The lowest BCUT2D eigenvalue weighted by atomic mass is 10.1. The van der Waals surface area contributed by atoms with E-state index >= 15 is 0 Å². The van der Waals surface area contributed by atoms with Gasteiger partial charge in [0.25, 0.3) is 0 Å². The number of nitrogens with two attached hydrogens (primary N) is 1. The molecule has 0 radical (unpaired) electrons. The molecule has 0 aliphatic rings. The molecule has 0 aliphatic heterocycles. The van der Waals surface area contributed by atoms with Gasteiger partial charge in [-0.15, -0.1) is 12.4 Å². The van der Waals surface area contributed by atoms with Gasteiger partial charge in [0.15, 0.2) is 11.6 Å². The van der Waals surface area contributed by atoms with Gasteiger partial charge >= 0.3 is 0 Å². The van der Waals surface area contributed by atoms with E-state index in [0.717, 1.165) is 11.6 Å². The molecule has 2 aromatic rings. The van der Waals surface area contributed by atoms with Crippen LogP contribution in [0.5, 0.6) is 5.75 Å². The summed E-state index contributed by atoms with van der Waals surface area (Å²) in [7, 11) is -2.50. The average molecular weight is 389 g/mol. The molecular weight excluding hydrogens is 367 g/mol. The number of nitrogens with zero attached hydrogens (tertiary/aromatic N) is 1. The predicted octanol–water partition coefficient (Wildman–Crippen LogP) is 2.45. The van der Waals surface area contributed by atoms with Crippen molar-refractivity contribution < 1.29 is 17.5 Å². The zero-order chi connectivity index (χ0) is 17.6. The number of sulfonamides is 1. The molecule has 0 spiro atoms. The Morgan fingerprint density at radius 3 is 2.36 bits per heavy atom. The van der Waals surface area contributed by atoms with Crippen LogP contribution in [0.15, 0.2) is 53.4 Å². The largest absolute Gasteiger partial charge is 0.494 e. The number of ether oxygens (including phenoxy) is 1. The summed E-state index contributed by atoms with van der Waals surface area (Å²) in [4.78, 5) is -0.109. The molecule has 0 saturated carbocycles. The second-order valence-electron chi connectivity index (χ2n) is 5.22. The van der Waals surface area contributed by atoms with E-state index in [9.17, 15) is 12.8 Å². The summed E-state index contributed by atoms with van der Waals surface area (Å²) in [5.41, 5.74) is 6.57. The Hall–Kier alpha value is -1.67. The van der Waals surface area contributed by atoms with E-state index in [0.29, 0.717) is 6.42 Å². The lowest BCUT2D eigenvalue weighted by Gasteiger charge is -2.22. The first kappa shape index (κ1) is 21.4. The smallest absolute Gasteiger partial charge is 0.243 e. The van der Waals surface area contributed by atoms with E-state index < -0.39 is 15.8 Å². The molecule has 2 rings (SSSR count). The van der Waals surface area contributed by atoms with E-state index in [2.05, 4.69) is 0 Å². The van der Waals surface area contributed by atoms with E-state index in [1.807, 2.05) is 30.3 Å². The van der Waals surface area contributed by atoms with Crippen LogP contribution in [0.25, 0.3) is 0 Å². The summed E-state index contributed by atoms with van der Waals surface area (Å²) in [5, 5.41) is 0. The van der Waals surface area contributed by atoms with Crippen LogP contribution in [0, 0.1) is 5.82 Å². The van der Waals surface area contributed by atoms with Crippen molar-refractivity contribution in [1.29, 1.82) is 0 Å². The zero-order valence-corrected chi connectivity index (χ0v) is 15.5. The number of rotatable bonds is 8. The van der Waals surface area contributed by atoms with Crippen molar-refractivity contribution in [2.45, 2.75) is 11.3 Å². The second-order valence-corrected chi connectivity index (χ2v) is 7.16. The molecule has 2 aromatic carbocycles. The highest BCUT2D eigenvalue weighted by Gasteiger charge is 2.24. The van der Waals surface area contributed by atoms with Crippen molar-refractivity contribution in [3.8, 4) is 5.75 Å². The van der Waals surface area contributed by atoms with Gasteiger partial charge in [-0.1, -0.05) is 30.3 Å². The Labute approximate surface area is 154 Å². The second kappa shape index (κ2) is 9.72. The summed E-state index contributed by atoms with van der Waals surface area (Å²) in [5.74, 6) is -0.710. The monoisotopic (exact) mass is 388 g/mol. The fraction of sp³-hybridized carbons (Fsp3) is 0.294. The predicted molar refractivity (Wildman–Crippen MR) is 98.2 cm³/mol. The van der Waals surface area contributed by atoms with Crippen molar-refractivity contribution in [2.24, 2.45) is 5.73 Å². The highest BCUT2D eigenvalue weighted by atomic mass is 35.5. The molecule has 0 aliphatic carbocycles. The molecule has 25 heavy (non-hydrogen) atoms. The molecule has 0 saturated heterocycles. The molecule has 0 aromatic heterocycles.